The molecule has 2 aliphatic rings. The van der Waals surface area contributed by atoms with Crippen molar-refractivity contribution in [3.8, 4) is 0 Å². The van der Waals surface area contributed by atoms with Crippen LogP contribution < -0.4 is 16.0 Å². The van der Waals surface area contributed by atoms with Gasteiger partial charge in [0.05, 0.1) is 11.5 Å². The average molecular weight is 545 g/mol. The fourth-order valence-corrected chi connectivity index (χ4v) is 5.74. The van der Waals surface area contributed by atoms with Crippen molar-refractivity contribution in [2.75, 3.05) is 13.1 Å². The second-order valence-electron chi connectivity index (χ2n) is 10.1. The minimum atomic E-state index is -0.476. The van der Waals surface area contributed by atoms with E-state index in [9.17, 15) is 4.79 Å². The molecule has 1 aliphatic carbocycles. The Kier molecular flexibility index (Phi) is 10.9. The molecule has 37 heavy (non-hydrogen) atoms. The molecule has 2 aromatic rings. The fourth-order valence-electron chi connectivity index (χ4n) is 5.20. The number of halogens is 2. The normalized spacial score (nSPS) is 17.9. The summed E-state index contributed by atoms with van der Waals surface area (Å²) in [5, 5.41) is 12.1. The number of rotatable bonds is 9. The van der Waals surface area contributed by atoms with E-state index >= 15 is 0 Å². The maximum atomic E-state index is 13.9. The van der Waals surface area contributed by atoms with Crippen molar-refractivity contribution < 1.29 is 4.79 Å². The van der Waals surface area contributed by atoms with Crippen molar-refractivity contribution in [3.05, 3.63) is 80.5 Å². The summed E-state index contributed by atoms with van der Waals surface area (Å²) >= 11 is 12.8. The zero-order valence-electron chi connectivity index (χ0n) is 23.0. The largest absolute Gasteiger partial charge is 0.384 e. The highest BCUT2D eigenvalue weighted by molar-refractivity contribution is 6.31. The molecule has 1 saturated carbocycles. The number of piperidine rings is 1. The molecule has 1 aliphatic heterocycles. The zero-order chi connectivity index (χ0) is 27.0. The van der Waals surface area contributed by atoms with Crippen molar-refractivity contribution in [2.24, 2.45) is 0 Å². The molecule has 1 amide bonds. The fraction of sp³-hybridized carbons (Fsp3) is 0.516. The molecule has 4 rings (SSSR count). The Morgan fingerprint density at radius 2 is 1.81 bits per heavy atom. The number of benzene rings is 2. The summed E-state index contributed by atoms with van der Waals surface area (Å²) in [6.07, 6.45) is 7.61. The molecule has 3 N–H and O–H groups in total. The van der Waals surface area contributed by atoms with Gasteiger partial charge in [0.2, 0.25) is 5.91 Å². The van der Waals surface area contributed by atoms with Gasteiger partial charge >= 0.3 is 0 Å². The van der Waals surface area contributed by atoms with Gasteiger partial charge in [0, 0.05) is 21.8 Å². The molecule has 2 aromatic carbocycles. The molecule has 0 spiro atoms. The first-order chi connectivity index (χ1) is 17.8. The number of hydrogen-bond donors (Lipinski definition) is 3. The Balaban J connectivity index is 0.00000186. The lowest BCUT2D eigenvalue weighted by Crippen LogP contribution is -2.49. The Hall–Kier alpha value is -2.01. The second-order valence-corrected chi connectivity index (χ2v) is 10.9. The lowest BCUT2D eigenvalue weighted by molar-refractivity contribution is -0.124. The van der Waals surface area contributed by atoms with Gasteiger partial charge in [-0.05, 0) is 106 Å². The topological polar surface area (TPSA) is 53.2 Å². The summed E-state index contributed by atoms with van der Waals surface area (Å²) in [4.78, 5) is 13.9. The second kappa shape index (κ2) is 13.7. The number of aryl methyl sites for hydroxylation is 2. The molecule has 1 heterocycles. The summed E-state index contributed by atoms with van der Waals surface area (Å²) in [7, 11) is 0. The van der Waals surface area contributed by atoms with Gasteiger partial charge in [-0.1, -0.05) is 68.2 Å². The number of carbonyl (C=O) groups excluding carboxylic acids is 1. The van der Waals surface area contributed by atoms with Gasteiger partial charge in [-0.2, -0.15) is 0 Å². The maximum absolute atomic E-state index is 13.9. The van der Waals surface area contributed by atoms with Crippen molar-refractivity contribution >= 4 is 29.1 Å². The number of nitrogens with one attached hydrogen (secondary N) is 3. The number of amides is 1. The molecule has 202 valence electrons. The maximum Gasteiger partial charge on any atom is 0.231 e. The summed E-state index contributed by atoms with van der Waals surface area (Å²) in [6.45, 7) is 12.2. The highest BCUT2D eigenvalue weighted by atomic mass is 35.5. The molecule has 6 heteroatoms. The van der Waals surface area contributed by atoms with E-state index in [4.69, 9.17) is 23.2 Å². The Bertz CT molecular complexity index is 1090. The van der Waals surface area contributed by atoms with E-state index in [2.05, 4.69) is 41.1 Å². The van der Waals surface area contributed by atoms with Gasteiger partial charge in [-0.25, -0.2) is 0 Å². The number of hydrogen-bond acceptors (Lipinski definition) is 3. The molecule has 0 radical (unpaired) electrons. The highest BCUT2D eigenvalue weighted by Crippen LogP contribution is 2.50. The van der Waals surface area contributed by atoms with Crippen molar-refractivity contribution in [1.82, 2.24) is 16.0 Å². The van der Waals surface area contributed by atoms with Crippen LogP contribution in [0.25, 0.3) is 0 Å². The number of allylic oxidation sites excluding steroid dienone is 1. The van der Waals surface area contributed by atoms with Gasteiger partial charge in [0.25, 0.3) is 0 Å². The van der Waals surface area contributed by atoms with Crippen LogP contribution >= 0.6 is 23.2 Å². The lowest BCUT2D eigenvalue weighted by Gasteiger charge is -2.31. The van der Waals surface area contributed by atoms with Crippen LogP contribution in [0.5, 0.6) is 0 Å². The number of carbonyl (C=O) groups is 1. The molecule has 0 unspecified atom stereocenters. The predicted octanol–water partition coefficient (Wildman–Crippen LogP) is 7.03. The molecule has 0 bridgehead atoms. The van der Waals surface area contributed by atoms with E-state index in [1.165, 1.54) is 0 Å². The average Bonchev–Trinajstić information content (AvgIpc) is 3.69. The third kappa shape index (κ3) is 7.52. The van der Waals surface area contributed by atoms with Crippen LogP contribution in [0, 0.1) is 13.8 Å². The molecule has 4 nitrogen and oxygen atoms in total. The third-order valence-corrected chi connectivity index (χ3v) is 7.92. The van der Waals surface area contributed by atoms with Gasteiger partial charge in [0.1, 0.15) is 0 Å². The van der Waals surface area contributed by atoms with E-state index in [-0.39, 0.29) is 11.9 Å². The summed E-state index contributed by atoms with van der Waals surface area (Å²) in [6, 6.07) is 12.3. The van der Waals surface area contributed by atoms with E-state index in [0.29, 0.717) is 17.5 Å². The molecule has 2 fully saturated rings. The van der Waals surface area contributed by atoms with Crippen LogP contribution in [0.4, 0.5) is 0 Å². The van der Waals surface area contributed by atoms with Crippen LogP contribution in [0.3, 0.4) is 0 Å². The molecule has 1 atom stereocenters. The zero-order valence-corrected chi connectivity index (χ0v) is 24.5. The first-order valence-corrected chi connectivity index (χ1v) is 14.6. The molecular weight excluding hydrogens is 501 g/mol. The highest BCUT2D eigenvalue weighted by Gasteiger charge is 2.52. The van der Waals surface area contributed by atoms with Crippen LogP contribution in [-0.4, -0.2) is 31.1 Å². The lowest BCUT2D eigenvalue weighted by atomic mass is 9.90. The van der Waals surface area contributed by atoms with Crippen molar-refractivity contribution in [2.45, 2.75) is 90.6 Å². The quantitative estimate of drug-likeness (QED) is 0.318. The van der Waals surface area contributed by atoms with Gasteiger partial charge in [0.15, 0.2) is 0 Å². The summed E-state index contributed by atoms with van der Waals surface area (Å²) in [5.74, 6) is 0.0882. The Labute approximate surface area is 233 Å². The SMILES string of the molecule is CC.CC/C=C(\NC1CCNCC1)[C@H](Cc1ccc(C)cc1Cl)NC(=O)C1(c2ccc(Cl)cc2C)CC1. The van der Waals surface area contributed by atoms with Crippen molar-refractivity contribution in [1.29, 1.82) is 0 Å². The first kappa shape index (κ1) is 29.5. The minimum absolute atomic E-state index is 0.0882. The van der Waals surface area contributed by atoms with Crippen LogP contribution in [0.1, 0.15) is 75.1 Å². The van der Waals surface area contributed by atoms with Crippen LogP contribution in [0.15, 0.2) is 48.2 Å². The smallest absolute Gasteiger partial charge is 0.231 e. The predicted molar refractivity (Wildman–Crippen MR) is 158 cm³/mol. The monoisotopic (exact) mass is 543 g/mol. The Morgan fingerprint density at radius 1 is 1.11 bits per heavy atom. The first-order valence-electron chi connectivity index (χ1n) is 13.8. The molecule has 1 saturated heterocycles. The van der Waals surface area contributed by atoms with Crippen LogP contribution in [0.2, 0.25) is 10.0 Å². The molecule has 0 aromatic heterocycles. The van der Waals surface area contributed by atoms with E-state index < -0.39 is 5.41 Å². The summed E-state index contributed by atoms with van der Waals surface area (Å²) in [5.41, 5.74) is 4.94. The standard InChI is InChI=1S/C29H37Cl2N3O.C2H6/c1-4-5-26(33-23-10-14-32-15-11-23)27(18-21-7-6-19(2)16-25(21)31)34-28(35)29(12-13-29)24-9-8-22(30)17-20(24)3;1-2/h5-9,16-17,23,27,32-33H,4,10-15,18H2,1-3H3,(H,34,35);1-2H3/b26-5-;/t27-;/m0./s1. The van der Waals surface area contributed by atoms with Gasteiger partial charge < -0.3 is 16.0 Å². The molecular formula is C31H43Cl2N3O. The van der Waals surface area contributed by atoms with Crippen LogP contribution in [-0.2, 0) is 16.6 Å². The minimum Gasteiger partial charge on any atom is -0.384 e. The van der Waals surface area contributed by atoms with Gasteiger partial charge in [-0.3, -0.25) is 4.79 Å². The van der Waals surface area contributed by atoms with E-state index in [1.54, 1.807) is 0 Å². The summed E-state index contributed by atoms with van der Waals surface area (Å²) < 4.78 is 0. The van der Waals surface area contributed by atoms with Gasteiger partial charge in [-0.15, -0.1) is 0 Å². The van der Waals surface area contributed by atoms with E-state index in [1.807, 2.05) is 52.0 Å². The Morgan fingerprint density at radius 3 is 2.41 bits per heavy atom. The van der Waals surface area contributed by atoms with E-state index in [0.717, 1.165) is 78.2 Å². The van der Waals surface area contributed by atoms with Crippen molar-refractivity contribution in [3.63, 3.8) is 0 Å². The third-order valence-electron chi connectivity index (χ3n) is 7.34.